The molecule has 1 saturated heterocycles. The second kappa shape index (κ2) is 3.39. The highest BCUT2D eigenvalue weighted by atomic mass is 32.2. The molecule has 3 nitrogen and oxygen atoms in total. The lowest BCUT2D eigenvalue weighted by Gasteiger charge is -2.50. The largest absolute Gasteiger partial charge is 0.481 e. The zero-order valence-electron chi connectivity index (χ0n) is 9.32. The van der Waals surface area contributed by atoms with E-state index in [0.717, 1.165) is 12.2 Å². The van der Waals surface area contributed by atoms with E-state index >= 15 is 0 Å². The number of rotatable bonds is 2. The van der Waals surface area contributed by atoms with E-state index in [2.05, 4.69) is 13.8 Å². The Bertz CT molecular complexity index is 284. The zero-order valence-corrected chi connectivity index (χ0v) is 10.1. The molecule has 15 heavy (non-hydrogen) atoms. The Balaban J connectivity index is 2.23. The van der Waals surface area contributed by atoms with Crippen molar-refractivity contribution >= 4 is 17.7 Å². The van der Waals surface area contributed by atoms with E-state index in [-0.39, 0.29) is 16.7 Å². The molecular formula is C11H19NO2S. The number of nitrogens with two attached hydrogens (primary N) is 1. The Morgan fingerprint density at radius 1 is 1.47 bits per heavy atom. The number of carboxylic acid groups (broad SMARTS) is 1. The molecule has 1 heterocycles. The van der Waals surface area contributed by atoms with Crippen LogP contribution >= 0.6 is 11.8 Å². The van der Waals surface area contributed by atoms with Gasteiger partial charge in [0.2, 0.25) is 0 Å². The van der Waals surface area contributed by atoms with Crippen molar-refractivity contribution in [1.82, 2.24) is 0 Å². The molecule has 0 aromatic carbocycles. The molecule has 0 spiro atoms. The molecule has 0 bridgehead atoms. The van der Waals surface area contributed by atoms with Crippen molar-refractivity contribution < 1.29 is 9.90 Å². The van der Waals surface area contributed by atoms with Gasteiger partial charge < -0.3 is 10.8 Å². The quantitative estimate of drug-likeness (QED) is 0.756. The molecule has 2 rings (SSSR count). The highest BCUT2D eigenvalue weighted by Gasteiger charge is 2.59. The van der Waals surface area contributed by atoms with Gasteiger partial charge in [-0.15, -0.1) is 0 Å². The van der Waals surface area contributed by atoms with Gasteiger partial charge in [0, 0.05) is 10.8 Å². The summed E-state index contributed by atoms with van der Waals surface area (Å²) in [6, 6.07) is 0.0995. The fourth-order valence-electron chi connectivity index (χ4n) is 3.31. The average Bonchev–Trinajstić information content (AvgIpc) is 2.39. The minimum absolute atomic E-state index is 0.0958. The average molecular weight is 229 g/mol. The number of hydrogen-bond acceptors (Lipinski definition) is 3. The maximum absolute atomic E-state index is 11.5. The Labute approximate surface area is 94.8 Å². The lowest BCUT2D eigenvalue weighted by molar-refractivity contribution is -0.162. The first-order valence-corrected chi connectivity index (χ1v) is 6.50. The summed E-state index contributed by atoms with van der Waals surface area (Å²) in [6.45, 7) is 4.34. The molecule has 0 radical (unpaired) electrons. The van der Waals surface area contributed by atoms with Crippen molar-refractivity contribution in [2.45, 2.75) is 43.9 Å². The van der Waals surface area contributed by atoms with Crippen LogP contribution in [0.1, 0.15) is 33.1 Å². The van der Waals surface area contributed by atoms with E-state index in [1.54, 1.807) is 0 Å². The monoisotopic (exact) mass is 229 g/mol. The third-order valence-electron chi connectivity index (χ3n) is 4.07. The molecule has 0 amide bonds. The number of aliphatic carboxylic acids is 1. The topological polar surface area (TPSA) is 63.3 Å². The molecule has 4 heteroatoms. The van der Waals surface area contributed by atoms with Crippen LogP contribution in [0.3, 0.4) is 0 Å². The summed E-state index contributed by atoms with van der Waals surface area (Å²) < 4.78 is 0.0958. The lowest BCUT2D eigenvalue weighted by Crippen LogP contribution is -2.57. The Morgan fingerprint density at radius 2 is 2.07 bits per heavy atom. The predicted molar refractivity (Wildman–Crippen MR) is 61.9 cm³/mol. The zero-order chi connectivity index (χ0) is 11.3. The van der Waals surface area contributed by atoms with Gasteiger partial charge in [-0.3, -0.25) is 4.79 Å². The normalized spacial score (nSPS) is 43.7. The second-order valence-corrected chi connectivity index (χ2v) is 7.17. The van der Waals surface area contributed by atoms with Crippen molar-refractivity contribution in [3.8, 4) is 0 Å². The molecule has 1 unspecified atom stereocenters. The summed E-state index contributed by atoms with van der Waals surface area (Å²) in [7, 11) is 0. The van der Waals surface area contributed by atoms with Crippen molar-refractivity contribution in [2.24, 2.45) is 17.1 Å². The van der Waals surface area contributed by atoms with Gasteiger partial charge in [0.25, 0.3) is 0 Å². The Hall–Kier alpha value is -0.220. The highest BCUT2D eigenvalue weighted by molar-refractivity contribution is 8.00. The van der Waals surface area contributed by atoms with Crippen molar-refractivity contribution in [2.75, 3.05) is 5.75 Å². The first kappa shape index (κ1) is 11.3. The molecule has 1 saturated carbocycles. The van der Waals surface area contributed by atoms with Crippen LogP contribution in [0, 0.1) is 11.3 Å². The van der Waals surface area contributed by atoms with E-state index < -0.39 is 11.4 Å². The molecule has 0 aromatic rings. The van der Waals surface area contributed by atoms with Gasteiger partial charge in [-0.1, -0.05) is 13.8 Å². The third kappa shape index (κ3) is 1.58. The van der Waals surface area contributed by atoms with Gasteiger partial charge in [-0.05, 0) is 30.9 Å². The molecule has 0 aromatic heterocycles. The molecule has 1 aliphatic heterocycles. The Kier molecular flexibility index (Phi) is 2.54. The van der Waals surface area contributed by atoms with Crippen LogP contribution in [0.15, 0.2) is 0 Å². The first-order valence-electron chi connectivity index (χ1n) is 5.51. The van der Waals surface area contributed by atoms with Crippen molar-refractivity contribution in [3.05, 3.63) is 0 Å². The summed E-state index contributed by atoms with van der Waals surface area (Å²) >= 11 is 1.90. The predicted octanol–water partition coefficient (Wildman–Crippen LogP) is 1.71. The number of carbonyl (C=O) groups is 1. The number of carboxylic acids is 1. The summed E-state index contributed by atoms with van der Waals surface area (Å²) in [5, 5.41) is 9.43. The van der Waals surface area contributed by atoms with Crippen LogP contribution in [-0.2, 0) is 4.79 Å². The summed E-state index contributed by atoms with van der Waals surface area (Å²) in [4.78, 5) is 11.5. The molecule has 3 N–H and O–H groups in total. The van der Waals surface area contributed by atoms with E-state index in [4.69, 9.17) is 5.73 Å². The number of hydrogen-bond donors (Lipinski definition) is 2. The molecule has 2 aliphatic rings. The van der Waals surface area contributed by atoms with Crippen LogP contribution in [-0.4, -0.2) is 27.6 Å². The Morgan fingerprint density at radius 3 is 2.40 bits per heavy atom. The molecular weight excluding hydrogens is 210 g/mol. The van der Waals surface area contributed by atoms with Crippen LogP contribution in [0.4, 0.5) is 0 Å². The molecule has 1 atom stereocenters. The highest BCUT2D eigenvalue weighted by Crippen LogP contribution is 2.58. The van der Waals surface area contributed by atoms with E-state index in [1.807, 2.05) is 11.8 Å². The van der Waals surface area contributed by atoms with Gasteiger partial charge in [0.1, 0.15) is 0 Å². The minimum Gasteiger partial charge on any atom is -0.481 e. The second-order valence-electron chi connectivity index (χ2n) is 5.42. The first-order chi connectivity index (χ1) is 6.88. The van der Waals surface area contributed by atoms with Crippen LogP contribution in [0.5, 0.6) is 0 Å². The van der Waals surface area contributed by atoms with E-state index in [1.165, 1.54) is 0 Å². The maximum Gasteiger partial charge on any atom is 0.310 e. The summed E-state index contributed by atoms with van der Waals surface area (Å²) in [5.74, 6) is 0.735. The van der Waals surface area contributed by atoms with Crippen LogP contribution < -0.4 is 5.73 Å². The molecule has 2 fully saturated rings. The lowest BCUT2D eigenvalue weighted by atomic mass is 9.55. The number of thioether (sulfide) groups is 1. The fraction of sp³-hybridized carbons (Fsp3) is 0.909. The van der Waals surface area contributed by atoms with Gasteiger partial charge in [0.05, 0.1) is 5.41 Å². The molecule has 86 valence electrons. The maximum atomic E-state index is 11.5. The van der Waals surface area contributed by atoms with Crippen LogP contribution in [0.25, 0.3) is 0 Å². The van der Waals surface area contributed by atoms with Gasteiger partial charge in [-0.2, -0.15) is 11.8 Å². The standard InChI is InChI=1S/C11H19NO2S/c1-10(2)8(3-4-15-10)11(9(13)14)5-7(12)6-11/h7-8H,3-6,12H2,1-2H3,(H,13,14). The third-order valence-corrected chi connectivity index (χ3v) is 5.53. The van der Waals surface area contributed by atoms with Gasteiger partial charge in [0.15, 0.2) is 0 Å². The van der Waals surface area contributed by atoms with E-state index in [9.17, 15) is 9.90 Å². The fourth-order valence-corrected chi connectivity index (χ4v) is 4.74. The van der Waals surface area contributed by atoms with Gasteiger partial charge in [-0.25, -0.2) is 0 Å². The molecule has 1 aliphatic carbocycles. The van der Waals surface area contributed by atoms with Crippen molar-refractivity contribution in [1.29, 1.82) is 0 Å². The SMILES string of the molecule is CC1(C)SCCC1C1(C(=O)O)CC(N)C1. The van der Waals surface area contributed by atoms with Crippen LogP contribution in [0.2, 0.25) is 0 Å². The summed E-state index contributed by atoms with van der Waals surface area (Å²) in [5.41, 5.74) is 5.26. The van der Waals surface area contributed by atoms with Gasteiger partial charge >= 0.3 is 5.97 Å². The smallest absolute Gasteiger partial charge is 0.310 e. The van der Waals surface area contributed by atoms with E-state index in [0.29, 0.717) is 12.8 Å². The van der Waals surface area contributed by atoms with Crippen molar-refractivity contribution in [3.63, 3.8) is 0 Å². The minimum atomic E-state index is -0.634. The summed E-state index contributed by atoms with van der Waals surface area (Å²) in [6.07, 6.45) is 2.35.